The number of nitro benzene ring substituents is 1. The third-order valence-electron chi connectivity index (χ3n) is 6.38. The number of hydrogen-bond acceptors (Lipinski definition) is 7. The number of allylic oxidation sites excluding steroid dienone is 2. The van der Waals surface area contributed by atoms with Crippen molar-refractivity contribution in [1.29, 1.82) is 0 Å². The number of ether oxygens (including phenoxy) is 1. The maximum atomic E-state index is 12.8. The number of benzene rings is 2. The number of rotatable bonds is 6. The summed E-state index contributed by atoms with van der Waals surface area (Å²) in [6, 6.07) is 12.4. The lowest BCUT2D eigenvalue weighted by atomic mass is 9.85. The third-order valence-corrected chi connectivity index (χ3v) is 6.38. The zero-order chi connectivity index (χ0) is 23.8. The van der Waals surface area contributed by atoms with Crippen molar-refractivity contribution >= 4 is 35.8 Å². The SMILES string of the molecule is O=C(/C=C/c1cccc([N+](=O)[O-])c1)Oc1ccccc1C=NN1C(=O)[C@@H]2[C@H](C1=O)[C@H]1C=C[C@H]2C1. The Bertz CT molecular complexity index is 1270. The number of amides is 2. The molecule has 4 atom stereocenters. The molecule has 0 N–H and O–H groups in total. The van der Waals surface area contributed by atoms with Gasteiger partial charge < -0.3 is 4.74 Å². The first-order valence-electron chi connectivity index (χ1n) is 10.8. The standard InChI is InChI=1S/C25H19N3O6/c29-21(11-8-15-4-3-6-19(12-15)28(32)33)34-20-7-2-1-5-18(20)14-26-27-24(30)22-16-9-10-17(13-16)23(22)25(27)31/h1-12,14,16-17,22-23H,13H2/b11-8+,26-14?/t16-,17-,22-,23+/m0/s1. The highest BCUT2D eigenvalue weighted by atomic mass is 16.6. The van der Waals surface area contributed by atoms with E-state index in [-0.39, 0.29) is 46.9 Å². The van der Waals surface area contributed by atoms with Crippen LogP contribution in [0.5, 0.6) is 5.75 Å². The molecule has 2 aliphatic carbocycles. The molecule has 2 aromatic carbocycles. The minimum absolute atomic E-state index is 0.0870. The van der Waals surface area contributed by atoms with E-state index >= 15 is 0 Å². The Morgan fingerprint density at radius 3 is 2.47 bits per heavy atom. The third kappa shape index (κ3) is 3.81. The highest BCUT2D eigenvalue weighted by molar-refractivity contribution is 6.07. The van der Waals surface area contributed by atoms with E-state index in [1.54, 1.807) is 30.3 Å². The molecule has 0 aromatic heterocycles. The van der Waals surface area contributed by atoms with Crippen LogP contribution < -0.4 is 4.74 Å². The van der Waals surface area contributed by atoms with Crippen molar-refractivity contribution in [3.63, 3.8) is 0 Å². The quantitative estimate of drug-likeness (QED) is 0.0959. The number of hydrazone groups is 1. The van der Waals surface area contributed by atoms with Gasteiger partial charge in [0.05, 0.1) is 23.0 Å². The molecular weight excluding hydrogens is 438 g/mol. The Labute approximate surface area is 194 Å². The summed E-state index contributed by atoms with van der Waals surface area (Å²) < 4.78 is 5.38. The van der Waals surface area contributed by atoms with Gasteiger partial charge in [0.25, 0.3) is 17.5 Å². The van der Waals surface area contributed by atoms with Gasteiger partial charge in [-0.3, -0.25) is 19.7 Å². The van der Waals surface area contributed by atoms with Crippen LogP contribution in [-0.2, 0) is 14.4 Å². The van der Waals surface area contributed by atoms with E-state index in [0.717, 1.165) is 17.5 Å². The van der Waals surface area contributed by atoms with Crippen molar-refractivity contribution in [2.75, 3.05) is 0 Å². The van der Waals surface area contributed by atoms with Crippen LogP contribution in [0.15, 0.2) is 71.9 Å². The molecule has 0 radical (unpaired) electrons. The summed E-state index contributed by atoms with van der Waals surface area (Å²) in [4.78, 5) is 48.2. The van der Waals surface area contributed by atoms with E-state index in [2.05, 4.69) is 5.10 Å². The highest BCUT2D eigenvalue weighted by Crippen LogP contribution is 2.52. The van der Waals surface area contributed by atoms with Gasteiger partial charge in [-0.15, -0.1) is 0 Å². The van der Waals surface area contributed by atoms with Crippen molar-refractivity contribution in [3.05, 3.63) is 88.0 Å². The summed E-state index contributed by atoms with van der Waals surface area (Å²) in [6.07, 6.45) is 8.77. The normalized spacial score (nSPS) is 25.0. The van der Waals surface area contributed by atoms with E-state index in [0.29, 0.717) is 11.1 Å². The summed E-state index contributed by atoms with van der Waals surface area (Å²) in [5, 5.41) is 16.0. The van der Waals surface area contributed by atoms with Gasteiger partial charge in [-0.2, -0.15) is 10.1 Å². The topological polar surface area (TPSA) is 119 Å². The smallest absolute Gasteiger partial charge is 0.336 e. The fourth-order valence-electron chi connectivity index (χ4n) is 4.85. The van der Waals surface area contributed by atoms with Crippen LogP contribution in [0.3, 0.4) is 0 Å². The first-order chi connectivity index (χ1) is 16.4. The Kier molecular flexibility index (Phi) is 5.37. The van der Waals surface area contributed by atoms with Gasteiger partial charge in [0.15, 0.2) is 0 Å². The molecule has 3 aliphatic rings. The van der Waals surface area contributed by atoms with Crippen LogP contribution in [0.1, 0.15) is 17.5 Å². The highest BCUT2D eigenvalue weighted by Gasteiger charge is 2.59. The average Bonchev–Trinajstić information content (AvgIpc) is 3.51. The fourth-order valence-corrected chi connectivity index (χ4v) is 4.85. The van der Waals surface area contributed by atoms with Gasteiger partial charge >= 0.3 is 5.97 Å². The minimum atomic E-state index is -0.696. The molecule has 1 aliphatic heterocycles. The van der Waals surface area contributed by atoms with E-state index < -0.39 is 10.9 Å². The second-order valence-electron chi connectivity index (χ2n) is 8.38. The molecule has 0 spiro atoms. The molecule has 2 aromatic rings. The molecule has 2 fully saturated rings. The van der Waals surface area contributed by atoms with Crippen molar-refractivity contribution < 1.29 is 24.0 Å². The lowest BCUT2D eigenvalue weighted by molar-refractivity contribution is -0.384. The van der Waals surface area contributed by atoms with Gasteiger partial charge in [-0.05, 0) is 42.0 Å². The van der Waals surface area contributed by atoms with Crippen molar-refractivity contribution in [2.24, 2.45) is 28.8 Å². The predicted molar refractivity (Wildman–Crippen MR) is 121 cm³/mol. The van der Waals surface area contributed by atoms with Crippen LogP contribution in [0.25, 0.3) is 6.08 Å². The summed E-state index contributed by atoms with van der Waals surface area (Å²) >= 11 is 0. The number of esters is 1. The number of para-hydroxylation sites is 1. The van der Waals surface area contributed by atoms with Gasteiger partial charge in [-0.25, -0.2) is 4.79 Å². The monoisotopic (exact) mass is 457 g/mol. The number of imide groups is 1. The van der Waals surface area contributed by atoms with E-state index in [9.17, 15) is 24.5 Å². The second-order valence-corrected chi connectivity index (χ2v) is 8.38. The Morgan fingerprint density at radius 1 is 1.06 bits per heavy atom. The Balaban J connectivity index is 1.29. The molecule has 34 heavy (non-hydrogen) atoms. The molecule has 0 unspecified atom stereocenters. The maximum absolute atomic E-state index is 12.8. The lowest BCUT2D eigenvalue weighted by Crippen LogP contribution is -2.28. The predicted octanol–water partition coefficient (Wildman–Crippen LogP) is 3.35. The zero-order valence-electron chi connectivity index (χ0n) is 17.8. The van der Waals surface area contributed by atoms with Crippen LogP contribution in [0, 0.1) is 33.8 Å². The summed E-state index contributed by atoms with van der Waals surface area (Å²) in [5.74, 6) is -1.58. The first-order valence-corrected chi connectivity index (χ1v) is 10.8. The molecule has 9 heteroatoms. The number of carbonyl (C=O) groups excluding carboxylic acids is 3. The Hall–Kier alpha value is -4.40. The van der Waals surface area contributed by atoms with Crippen molar-refractivity contribution in [3.8, 4) is 5.75 Å². The maximum Gasteiger partial charge on any atom is 0.336 e. The number of carbonyl (C=O) groups is 3. The molecule has 5 rings (SSSR count). The molecule has 1 saturated heterocycles. The van der Waals surface area contributed by atoms with E-state index in [4.69, 9.17) is 4.74 Å². The van der Waals surface area contributed by atoms with Gasteiger partial charge in [0.1, 0.15) is 5.75 Å². The van der Waals surface area contributed by atoms with E-state index in [1.165, 1.54) is 30.5 Å². The van der Waals surface area contributed by atoms with Crippen LogP contribution >= 0.6 is 0 Å². The summed E-state index contributed by atoms with van der Waals surface area (Å²) in [6.45, 7) is 0. The van der Waals surface area contributed by atoms with Crippen molar-refractivity contribution in [1.82, 2.24) is 5.01 Å². The molecular formula is C25H19N3O6. The van der Waals surface area contributed by atoms with Crippen molar-refractivity contribution in [2.45, 2.75) is 6.42 Å². The summed E-state index contributed by atoms with van der Waals surface area (Å²) in [5.41, 5.74) is 0.801. The zero-order valence-corrected chi connectivity index (χ0v) is 17.8. The number of nitro groups is 1. The number of non-ortho nitro benzene ring substituents is 1. The molecule has 9 nitrogen and oxygen atoms in total. The number of hydrogen-bond donors (Lipinski definition) is 0. The molecule has 1 heterocycles. The van der Waals surface area contributed by atoms with Crippen LogP contribution in [0.4, 0.5) is 5.69 Å². The lowest BCUT2D eigenvalue weighted by Gasteiger charge is -2.13. The molecule has 2 bridgehead atoms. The molecule has 170 valence electrons. The van der Waals surface area contributed by atoms with Crippen LogP contribution in [0.2, 0.25) is 0 Å². The van der Waals surface area contributed by atoms with Gasteiger partial charge in [0.2, 0.25) is 0 Å². The van der Waals surface area contributed by atoms with E-state index in [1.807, 2.05) is 12.2 Å². The minimum Gasteiger partial charge on any atom is -0.423 e. The summed E-state index contributed by atoms with van der Waals surface area (Å²) in [7, 11) is 0. The largest absolute Gasteiger partial charge is 0.423 e. The fraction of sp³-hybridized carbons (Fsp3) is 0.200. The number of fused-ring (bicyclic) bond motifs is 5. The van der Waals surface area contributed by atoms with Gasteiger partial charge in [0, 0.05) is 23.8 Å². The first kappa shape index (κ1) is 21.4. The Morgan fingerprint density at radius 2 is 1.76 bits per heavy atom. The second kappa shape index (κ2) is 8.51. The van der Waals surface area contributed by atoms with Gasteiger partial charge in [-0.1, -0.05) is 36.4 Å². The van der Waals surface area contributed by atoms with Crippen LogP contribution in [-0.4, -0.2) is 33.9 Å². The average molecular weight is 457 g/mol. The number of nitrogens with zero attached hydrogens (tertiary/aromatic N) is 3. The molecule has 1 saturated carbocycles. The molecule has 2 amide bonds.